The largest absolute Gasteiger partial charge is 0.495 e. The van der Waals surface area contributed by atoms with E-state index in [1.54, 1.807) is 4.90 Å². The Hall–Kier alpha value is -2.72. The number of rotatable bonds is 7. The van der Waals surface area contributed by atoms with Crippen molar-refractivity contribution >= 4 is 23.3 Å². The van der Waals surface area contributed by atoms with Crippen molar-refractivity contribution in [3.8, 4) is 5.75 Å². The van der Waals surface area contributed by atoms with Crippen LogP contribution in [0.3, 0.4) is 0 Å². The first-order valence-corrected chi connectivity index (χ1v) is 7.72. The van der Waals surface area contributed by atoms with Crippen LogP contribution in [0.1, 0.15) is 6.42 Å². The zero-order chi connectivity index (χ0) is 18.4. The van der Waals surface area contributed by atoms with Gasteiger partial charge in [-0.3, -0.25) is 24.6 Å². The van der Waals surface area contributed by atoms with Crippen molar-refractivity contribution in [3.63, 3.8) is 0 Å². The maximum absolute atomic E-state index is 12.3. The summed E-state index contributed by atoms with van der Waals surface area (Å²) in [6.07, 6.45) is -0.263. The third-order valence-electron chi connectivity index (χ3n) is 3.92. The summed E-state index contributed by atoms with van der Waals surface area (Å²) in [5.41, 5.74) is -0.0702. The molecular formula is C15H20N4O6. The zero-order valence-corrected chi connectivity index (χ0v) is 13.7. The number of nitro benzene ring substituents is 1. The number of carboxylic acid groups (broad SMARTS) is 1. The van der Waals surface area contributed by atoms with Crippen molar-refractivity contribution in [3.05, 3.63) is 28.3 Å². The molecule has 1 unspecified atom stereocenters. The van der Waals surface area contributed by atoms with E-state index in [0.29, 0.717) is 26.2 Å². The molecule has 0 aliphatic carbocycles. The molecule has 0 radical (unpaired) electrons. The molecule has 3 N–H and O–H groups in total. The number of nitrogens with zero attached hydrogens (tertiary/aromatic N) is 2. The van der Waals surface area contributed by atoms with Gasteiger partial charge in [-0.25, -0.2) is 0 Å². The Labute approximate surface area is 143 Å². The Kier molecular flexibility index (Phi) is 6.25. The van der Waals surface area contributed by atoms with Crippen molar-refractivity contribution in [2.45, 2.75) is 12.5 Å². The predicted octanol–water partition coefficient (Wildman–Crippen LogP) is 0.290. The van der Waals surface area contributed by atoms with E-state index in [1.165, 1.54) is 25.3 Å². The molecule has 0 bridgehead atoms. The zero-order valence-electron chi connectivity index (χ0n) is 13.7. The molecule has 1 fully saturated rings. The van der Waals surface area contributed by atoms with Crippen molar-refractivity contribution in [1.29, 1.82) is 0 Å². The molecule has 1 aliphatic rings. The highest BCUT2D eigenvalue weighted by atomic mass is 16.6. The van der Waals surface area contributed by atoms with Gasteiger partial charge in [-0.05, 0) is 6.07 Å². The van der Waals surface area contributed by atoms with Gasteiger partial charge >= 0.3 is 5.97 Å². The summed E-state index contributed by atoms with van der Waals surface area (Å²) in [6.45, 7) is 2.38. The number of carbonyl (C=O) groups excluding carboxylic acids is 1. The number of nitro groups is 1. The minimum atomic E-state index is -1.08. The van der Waals surface area contributed by atoms with Crippen molar-refractivity contribution in [2.75, 3.05) is 38.6 Å². The van der Waals surface area contributed by atoms with E-state index in [2.05, 4.69) is 10.6 Å². The number of carbonyl (C=O) groups is 2. The van der Waals surface area contributed by atoms with Crippen LogP contribution in [0.5, 0.6) is 5.75 Å². The number of piperazine rings is 1. The maximum Gasteiger partial charge on any atom is 0.321 e. The van der Waals surface area contributed by atoms with Crippen LogP contribution in [-0.2, 0) is 9.59 Å². The Morgan fingerprint density at radius 2 is 2.12 bits per heavy atom. The van der Waals surface area contributed by atoms with Gasteiger partial charge in [0.25, 0.3) is 5.69 Å². The van der Waals surface area contributed by atoms with Gasteiger partial charge in [0.2, 0.25) is 5.91 Å². The van der Waals surface area contributed by atoms with E-state index < -0.39 is 22.8 Å². The standard InChI is InChI=1S/C15H20N4O6/c1-25-13-3-2-10(19(23)24)8-11(13)17-14(20)9-12(15(21)22)18-6-4-16-5-7-18/h2-3,8,12,16H,4-7,9H2,1H3,(H,17,20)(H,21,22). The molecule has 0 spiro atoms. The average Bonchev–Trinajstić information content (AvgIpc) is 2.60. The number of carboxylic acids is 1. The first-order chi connectivity index (χ1) is 11.9. The molecule has 1 saturated heterocycles. The Bertz CT molecular complexity index is 659. The third-order valence-corrected chi connectivity index (χ3v) is 3.92. The van der Waals surface area contributed by atoms with Crippen LogP contribution >= 0.6 is 0 Å². The van der Waals surface area contributed by atoms with E-state index in [-0.39, 0.29) is 23.5 Å². The first-order valence-electron chi connectivity index (χ1n) is 7.72. The molecule has 1 aromatic carbocycles. The second-order valence-electron chi connectivity index (χ2n) is 5.53. The van der Waals surface area contributed by atoms with Gasteiger partial charge in [-0.1, -0.05) is 0 Å². The fourth-order valence-corrected chi connectivity index (χ4v) is 2.65. The summed E-state index contributed by atoms with van der Waals surface area (Å²) in [5.74, 6) is -1.37. The number of amides is 1. The molecule has 0 aromatic heterocycles. The molecule has 10 heteroatoms. The monoisotopic (exact) mass is 352 g/mol. The van der Waals surface area contributed by atoms with Gasteiger partial charge in [0, 0.05) is 38.3 Å². The molecule has 1 heterocycles. The van der Waals surface area contributed by atoms with Gasteiger partial charge in [0.1, 0.15) is 11.8 Å². The van der Waals surface area contributed by atoms with Crippen LogP contribution < -0.4 is 15.4 Å². The Morgan fingerprint density at radius 1 is 1.44 bits per heavy atom. The highest BCUT2D eigenvalue weighted by molar-refractivity contribution is 5.95. The lowest BCUT2D eigenvalue weighted by atomic mass is 10.1. The van der Waals surface area contributed by atoms with Crippen molar-refractivity contribution in [2.24, 2.45) is 0 Å². The van der Waals surface area contributed by atoms with Crippen LogP contribution in [0, 0.1) is 10.1 Å². The Balaban J connectivity index is 2.10. The molecule has 1 amide bonds. The van der Waals surface area contributed by atoms with Gasteiger partial charge in [0.15, 0.2) is 0 Å². The minimum absolute atomic E-state index is 0.131. The second-order valence-corrected chi connectivity index (χ2v) is 5.53. The maximum atomic E-state index is 12.3. The summed E-state index contributed by atoms with van der Waals surface area (Å²) in [5, 5.41) is 25.9. The summed E-state index contributed by atoms with van der Waals surface area (Å²) in [7, 11) is 1.37. The van der Waals surface area contributed by atoms with E-state index >= 15 is 0 Å². The lowest BCUT2D eigenvalue weighted by Gasteiger charge is -2.32. The molecule has 25 heavy (non-hydrogen) atoms. The fourth-order valence-electron chi connectivity index (χ4n) is 2.65. The second kappa shape index (κ2) is 8.40. The smallest absolute Gasteiger partial charge is 0.321 e. The molecule has 1 aromatic rings. The number of hydrogen-bond donors (Lipinski definition) is 3. The topological polar surface area (TPSA) is 134 Å². The molecule has 1 aliphatic heterocycles. The number of non-ortho nitro benzene ring substituents is 1. The number of hydrogen-bond acceptors (Lipinski definition) is 7. The van der Waals surface area contributed by atoms with E-state index in [9.17, 15) is 24.8 Å². The highest BCUT2D eigenvalue weighted by Crippen LogP contribution is 2.29. The van der Waals surface area contributed by atoms with Crippen molar-refractivity contribution < 1.29 is 24.4 Å². The average molecular weight is 352 g/mol. The first kappa shape index (κ1) is 18.6. The summed E-state index contributed by atoms with van der Waals surface area (Å²) in [6, 6.07) is 2.86. The van der Waals surface area contributed by atoms with Crippen LogP contribution in [0.4, 0.5) is 11.4 Å². The number of ether oxygens (including phenoxy) is 1. The number of methoxy groups -OCH3 is 1. The van der Waals surface area contributed by atoms with Gasteiger partial charge in [0.05, 0.1) is 24.1 Å². The molecule has 0 saturated carbocycles. The van der Waals surface area contributed by atoms with E-state index in [4.69, 9.17) is 4.74 Å². The third kappa shape index (κ3) is 4.88. The molecule has 2 rings (SSSR count). The SMILES string of the molecule is COc1ccc([N+](=O)[O-])cc1NC(=O)CC(C(=O)O)N1CCNCC1. The minimum Gasteiger partial charge on any atom is -0.495 e. The molecule has 1 atom stereocenters. The normalized spacial score (nSPS) is 16.0. The number of benzene rings is 1. The van der Waals surface area contributed by atoms with E-state index in [1.807, 2.05) is 0 Å². The summed E-state index contributed by atoms with van der Waals surface area (Å²) in [4.78, 5) is 35.8. The lowest BCUT2D eigenvalue weighted by molar-refractivity contribution is -0.384. The molecule has 10 nitrogen and oxygen atoms in total. The fraction of sp³-hybridized carbons (Fsp3) is 0.467. The number of aliphatic carboxylic acids is 1. The quantitative estimate of drug-likeness (QED) is 0.471. The van der Waals surface area contributed by atoms with Gasteiger partial charge in [-0.2, -0.15) is 0 Å². The van der Waals surface area contributed by atoms with Crippen LogP contribution in [0.25, 0.3) is 0 Å². The number of nitrogens with one attached hydrogen (secondary N) is 2. The van der Waals surface area contributed by atoms with Crippen LogP contribution in [0.15, 0.2) is 18.2 Å². The molecular weight excluding hydrogens is 332 g/mol. The predicted molar refractivity (Wildman–Crippen MR) is 88.8 cm³/mol. The molecule has 136 valence electrons. The number of anilines is 1. The summed E-state index contributed by atoms with van der Waals surface area (Å²) < 4.78 is 5.08. The van der Waals surface area contributed by atoms with Gasteiger partial charge in [-0.15, -0.1) is 0 Å². The van der Waals surface area contributed by atoms with Crippen molar-refractivity contribution in [1.82, 2.24) is 10.2 Å². The van der Waals surface area contributed by atoms with E-state index in [0.717, 1.165) is 0 Å². The van der Waals surface area contributed by atoms with Gasteiger partial charge < -0.3 is 20.5 Å². The van der Waals surface area contributed by atoms with Crippen LogP contribution in [-0.4, -0.2) is 66.1 Å². The van der Waals surface area contributed by atoms with Crippen LogP contribution in [0.2, 0.25) is 0 Å². The lowest BCUT2D eigenvalue weighted by Crippen LogP contribution is -2.52. The Morgan fingerprint density at radius 3 is 2.68 bits per heavy atom. The summed E-state index contributed by atoms with van der Waals surface area (Å²) >= 11 is 0. The highest BCUT2D eigenvalue weighted by Gasteiger charge is 2.29.